The highest BCUT2D eigenvalue weighted by atomic mass is 35.5. The second-order valence-corrected chi connectivity index (χ2v) is 17.0. The summed E-state index contributed by atoms with van der Waals surface area (Å²) in [5.41, 5.74) is 14.1. The summed E-state index contributed by atoms with van der Waals surface area (Å²) in [4.78, 5) is 54.9. The van der Waals surface area contributed by atoms with Gasteiger partial charge in [-0.3, -0.25) is 24.2 Å². The summed E-state index contributed by atoms with van der Waals surface area (Å²) in [5.74, 6) is 0.739. The van der Waals surface area contributed by atoms with Gasteiger partial charge in [0.25, 0.3) is 17.7 Å². The molecule has 0 radical (unpaired) electrons. The molecule has 3 amide bonds. The molecule has 0 saturated carbocycles. The van der Waals surface area contributed by atoms with Gasteiger partial charge in [0.2, 0.25) is 0 Å². The maximum absolute atomic E-state index is 13.4. The first-order valence-electron chi connectivity index (χ1n) is 21.9. The van der Waals surface area contributed by atoms with Gasteiger partial charge in [-0.15, -0.1) is 24.8 Å². The Kier molecular flexibility index (Phi) is 23.6. The fraction of sp³-hybridized carbons (Fsp3) is 0.568. The third kappa shape index (κ3) is 16.7. The van der Waals surface area contributed by atoms with Gasteiger partial charge in [-0.25, -0.2) is 9.97 Å². The number of anilines is 2. The number of ether oxygens (including phenoxy) is 2. The van der Waals surface area contributed by atoms with Crippen molar-refractivity contribution in [3.63, 3.8) is 0 Å². The van der Waals surface area contributed by atoms with E-state index >= 15 is 0 Å². The number of nitrogens with zero attached hydrogens (tertiary/aromatic N) is 7. The predicted octanol–water partition coefficient (Wildman–Crippen LogP) is -0.853. The van der Waals surface area contributed by atoms with Gasteiger partial charge in [-0.1, -0.05) is 35.9 Å². The van der Waals surface area contributed by atoms with Crippen LogP contribution in [-0.4, -0.2) is 186 Å². The molecule has 3 aromatic rings. The van der Waals surface area contributed by atoms with Crippen molar-refractivity contribution < 1.29 is 51.0 Å². The van der Waals surface area contributed by atoms with Crippen LogP contribution in [0.2, 0.25) is 5.15 Å². The monoisotopic (exact) mass is 986 g/mol. The van der Waals surface area contributed by atoms with Crippen LogP contribution in [0.15, 0.2) is 48.5 Å². The lowest BCUT2D eigenvalue weighted by Crippen LogP contribution is -3.00. The summed E-state index contributed by atoms with van der Waals surface area (Å²) in [7, 11) is 0. The second kappa shape index (κ2) is 27.7. The van der Waals surface area contributed by atoms with Crippen LogP contribution in [-0.2, 0) is 22.4 Å². The number of halogens is 4. The summed E-state index contributed by atoms with van der Waals surface area (Å²) in [6, 6.07) is 15.8. The van der Waals surface area contributed by atoms with Gasteiger partial charge in [0.15, 0.2) is 35.7 Å². The van der Waals surface area contributed by atoms with Gasteiger partial charge >= 0.3 is 0 Å². The number of piperidine rings is 1. The standard InChI is InChI=1S/C44H63ClN10O7.3ClH/c45-41-43(47)50-42(46)40(49-41)44(60)48-35-6-3-27-55(30-35,25-1-4-33-7-11-36(12-8-33)61-31-38(58)53-19-15-51(16-20-53)23-28-56)26-2-5-34-9-13-37(14-10-34)62-32-39(59)54-21-17-52(18-22-54)24-29-57;;;/h7-14,35,56-57H,1-6,15-32H2,(H4-,46,47,48,50,60);3*1H/t35-;;;/m0.../s1. The van der Waals surface area contributed by atoms with Gasteiger partial charge in [-0.05, 0) is 61.1 Å². The molecule has 3 aliphatic heterocycles. The van der Waals surface area contributed by atoms with Crippen LogP contribution >= 0.6 is 36.4 Å². The van der Waals surface area contributed by atoms with E-state index in [2.05, 4.69) is 49.4 Å². The molecule has 7 N–H and O–H groups in total. The van der Waals surface area contributed by atoms with Gasteiger partial charge in [0.05, 0.1) is 45.4 Å². The normalized spacial score (nSPS) is 17.5. The Balaban J connectivity index is 0.00000374. The molecule has 21 heteroatoms. The highest BCUT2D eigenvalue weighted by Gasteiger charge is 2.36. The molecule has 2 aromatic carbocycles. The number of rotatable bonds is 20. The zero-order valence-electron chi connectivity index (χ0n) is 37.0. The van der Waals surface area contributed by atoms with Crippen LogP contribution in [0.1, 0.15) is 47.3 Å². The fourth-order valence-corrected chi connectivity index (χ4v) is 8.89. The van der Waals surface area contributed by atoms with E-state index in [4.69, 9.17) is 32.5 Å². The maximum Gasteiger partial charge on any atom is 0.274 e. The van der Waals surface area contributed by atoms with Crippen LogP contribution < -0.4 is 38.7 Å². The van der Waals surface area contributed by atoms with Crippen molar-refractivity contribution in [2.75, 3.05) is 130 Å². The average Bonchev–Trinajstić information content (AvgIpc) is 3.27. The molecule has 362 valence electrons. The largest absolute Gasteiger partial charge is 1.00 e. The van der Waals surface area contributed by atoms with Gasteiger partial charge in [0.1, 0.15) is 11.5 Å². The first-order valence-corrected chi connectivity index (χ1v) is 22.3. The molecule has 65 heavy (non-hydrogen) atoms. The van der Waals surface area contributed by atoms with E-state index in [1.54, 1.807) is 0 Å². The molecule has 6 rings (SSSR count). The lowest BCUT2D eigenvalue weighted by Gasteiger charge is -2.45. The SMILES string of the molecule is Cl.Cl.Nc1nc(N)c(C(=O)N[C@H]2CCC[N+](CCCc3ccc(OCC(=O)N4CCN(CCO)CC4)cc3)(CCCc3ccc(OCC(=O)N4CCN(CCO)CC4)cc3)C2)nc1Cl.[Cl-]. The number of quaternary nitrogens is 1. The quantitative estimate of drug-likeness (QED) is 0.0875. The number of aromatic nitrogens is 2. The number of nitrogens with two attached hydrogens (primary N) is 2. The molecule has 1 atom stereocenters. The van der Waals surface area contributed by atoms with Crippen molar-refractivity contribution in [2.45, 2.75) is 44.6 Å². The number of aliphatic hydroxyl groups excluding tert-OH is 2. The highest BCUT2D eigenvalue weighted by molar-refractivity contribution is 6.31. The van der Waals surface area contributed by atoms with Gasteiger partial charge in [0, 0.05) is 78.3 Å². The second-order valence-electron chi connectivity index (χ2n) is 16.6. The lowest BCUT2D eigenvalue weighted by atomic mass is 9.99. The first kappa shape index (κ1) is 55.4. The number of carbonyl (C=O) groups is 3. The Labute approximate surface area is 405 Å². The fourth-order valence-electron chi connectivity index (χ4n) is 8.76. The minimum absolute atomic E-state index is 0. The number of hydrogen-bond donors (Lipinski definition) is 5. The predicted molar refractivity (Wildman–Crippen MR) is 251 cm³/mol. The van der Waals surface area contributed by atoms with Crippen LogP contribution in [0.5, 0.6) is 11.5 Å². The van der Waals surface area contributed by atoms with Crippen molar-refractivity contribution in [1.29, 1.82) is 0 Å². The molecule has 17 nitrogen and oxygen atoms in total. The zero-order valence-corrected chi connectivity index (χ0v) is 40.1. The van der Waals surface area contributed by atoms with E-state index in [0.29, 0.717) is 50.8 Å². The smallest absolute Gasteiger partial charge is 0.274 e. The van der Waals surface area contributed by atoms with Crippen molar-refractivity contribution in [1.82, 2.24) is 34.9 Å². The Bertz CT molecular complexity index is 1830. The molecule has 0 aliphatic carbocycles. The number of piperazine rings is 2. The highest BCUT2D eigenvalue weighted by Crippen LogP contribution is 2.25. The number of hydrogen-bond acceptors (Lipinski definition) is 13. The van der Waals surface area contributed by atoms with E-state index in [-0.39, 0.29) is 104 Å². The first-order chi connectivity index (χ1) is 30.0. The Morgan fingerprint density at radius 1 is 0.723 bits per heavy atom. The Morgan fingerprint density at radius 3 is 1.63 bits per heavy atom. The molecule has 3 aliphatic rings. The average molecular weight is 989 g/mol. The van der Waals surface area contributed by atoms with Crippen molar-refractivity contribution in [2.24, 2.45) is 0 Å². The maximum atomic E-state index is 13.4. The number of aryl methyl sites for hydroxylation is 2. The van der Waals surface area contributed by atoms with Crippen LogP contribution in [0.3, 0.4) is 0 Å². The number of nitrogens with one attached hydrogen (secondary N) is 1. The topological polar surface area (TPSA) is 213 Å². The minimum Gasteiger partial charge on any atom is -1.00 e. The molecule has 4 heterocycles. The van der Waals surface area contributed by atoms with Crippen LogP contribution in [0.4, 0.5) is 11.6 Å². The number of likely N-dealkylation sites (tertiary alicyclic amines) is 1. The molecule has 1 aromatic heterocycles. The number of β-amino-alcohol motifs (C(OH)–C–C–N with tert-alkyl or cyclic N) is 2. The Morgan fingerprint density at radius 2 is 1.18 bits per heavy atom. The van der Waals surface area contributed by atoms with E-state index in [1.165, 1.54) is 11.1 Å². The van der Waals surface area contributed by atoms with E-state index in [0.717, 1.165) is 95.4 Å². The number of aliphatic hydroxyl groups is 2. The van der Waals surface area contributed by atoms with Gasteiger partial charge < -0.3 is 63.2 Å². The third-order valence-corrected chi connectivity index (χ3v) is 12.6. The van der Waals surface area contributed by atoms with Crippen molar-refractivity contribution in [3.05, 3.63) is 70.5 Å². The molecular formula is C44H66Cl4N10O7. The molecule has 0 spiro atoms. The zero-order chi connectivity index (χ0) is 43.9. The molecule has 0 unspecified atom stereocenters. The van der Waals surface area contributed by atoms with E-state index < -0.39 is 5.91 Å². The Hall–Kier alpha value is -3.91. The molecule has 3 saturated heterocycles. The van der Waals surface area contributed by atoms with Gasteiger partial charge in [-0.2, -0.15) is 0 Å². The van der Waals surface area contributed by atoms with Crippen LogP contribution in [0.25, 0.3) is 0 Å². The summed E-state index contributed by atoms with van der Waals surface area (Å²) >= 11 is 6.09. The number of amides is 3. The number of benzene rings is 2. The number of carbonyl (C=O) groups excluding carboxylic acids is 3. The third-order valence-electron chi connectivity index (χ3n) is 12.3. The molecule has 3 fully saturated rings. The summed E-state index contributed by atoms with van der Waals surface area (Å²) in [6.07, 6.45) is 5.40. The van der Waals surface area contributed by atoms with E-state index in [9.17, 15) is 24.6 Å². The number of nitrogen functional groups attached to an aromatic ring is 2. The summed E-state index contributed by atoms with van der Waals surface area (Å²) < 4.78 is 12.6. The molecule has 0 bridgehead atoms. The van der Waals surface area contributed by atoms with E-state index in [1.807, 2.05) is 34.1 Å². The molecular weight excluding hydrogens is 922 g/mol. The summed E-state index contributed by atoms with van der Waals surface area (Å²) in [5, 5.41) is 21.5. The van der Waals surface area contributed by atoms with Crippen molar-refractivity contribution >= 4 is 65.8 Å². The van der Waals surface area contributed by atoms with Crippen LogP contribution in [0, 0.1) is 0 Å². The minimum atomic E-state index is -0.420. The summed E-state index contributed by atoms with van der Waals surface area (Å²) in [6.45, 7) is 10.6. The van der Waals surface area contributed by atoms with Crippen molar-refractivity contribution in [3.8, 4) is 11.5 Å². The lowest BCUT2D eigenvalue weighted by molar-refractivity contribution is -0.933.